The molecule has 0 aliphatic carbocycles. The normalized spacial score (nSPS) is 17.7. The standard InChI is InChI=1S/C13H14FNOS/c14-12-3-1-2-11-10(9-17-13(11)12)8-15-4-6-16-7-5-15/h1-3,9H,4-8H2. The Labute approximate surface area is 104 Å². The Balaban J connectivity index is 1.87. The average Bonchev–Trinajstić information content (AvgIpc) is 2.76. The van der Waals surface area contributed by atoms with Crippen LogP contribution in [0, 0.1) is 5.82 Å². The van der Waals surface area contributed by atoms with E-state index in [1.54, 1.807) is 6.07 Å². The molecular formula is C13H14FNOS. The Hall–Kier alpha value is -0.970. The second-order valence-corrected chi connectivity index (χ2v) is 5.15. The van der Waals surface area contributed by atoms with E-state index in [-0.39, 0.29) is 5.82 Å². The Morgan fingerprint density at radius 2 is 2.12 bits per heavy atom. The van der Waals surface area contributed by atoms with Gasteiger partial charge in [-0.2, -0.15) is 0 Å². The van der Waals surface area contributed by atoms with Gasteiger partial charge in [-0.25, -0.2) is 4.39 Å². The van der Waals surface area contributed by atoms with Gasteiger partial charge in [-0.05, 0) is 22.4 Å². The molecule has 90 valence electrons. The highest BCUT2D eigenvalue weighted by molar-refractivity contribution is 7.17. The molecule has 0 atom stereocenters. The first-order valence-electron chi connectivity index (χ1n) is 5.79. The van der Waals surface area contributed by atoms with Crippen molar-refractivity contribution in [2.75, 3.05) is 26.3 Å². The highest BCUT2D eigenvalue weighted by Gasteiger charge is 2.14. The van der Waals surface area contributed by atoms with E-state index < -0.39 is 0 Å². The maximum absolute atomic E-state index is 13.6. The number of halogens is 1. The van der Waals surface area contributed by atoms with Gasteiger partial charge in [0.25, 0.3) is 0 Å². The van der Waals surface area contributed by atoms with E-state index in [0.29, 0.717) is 0 Å². The van der Waals surface area contributed by atoms with Gasteiger partial charge in [0, 0.05) is 19.6 Å². The Kier molecular flexibility index (Phi) is 3.09. The van der Waals surface area contributed by atoms with Crippen molar-refractivity contribution in [3.63, 3.8) is 0 Å². The average molecular weight is 251 g/mol. The predicted octanol–water partition coefficient (Wildman–Crippen LogP) is 2.87. The van der Waals surface area contributed by atoms with Crippen LogP contribution < -0.4 is 0 Å². The van der Waals surface area contributed by atoms with Crippen molar-refractivity contribution < 1.29 is 9.13 Å². The zero-order valence-corrected chi connectivity index (χ0v) is 10.3. The van der Waals surface area contributed by atoms with Crippen LogP contribution in [0.5, 0.6) is 0 Å². The van der Waals surface area contributed by atoms with Gasteiger partial charge in [0.05, 0.1) is 17.9 Å². The molecule has 0 unspecified atom stereocenters. The van der Waals surface area contributed by atoms with Crippen molar-refractivity contribution in [1.82, 2.24) is 4.90 Å². The van der Waals surface area contributed by atoms with Crippen LogP contribution in [0.15, 0.2) is 23.6 Å². The first kappa shape index (κ1) is 11.1. The van der Waals surface area contributed by atoms with Crippen LogP contribution in [-0.4, -0.2) is 31.2 Å². The van der Waals surface area contributed by atoms with Gasteiger partial charge in [-0.15, -0.1) is 11.3 Å². The summed E-state index contributed by atoms with van der Waals surface area (Å²) in [7, 11) is 0. The van der Waals surface area contributed by atoms with Crippen molar-refractivity contribution in [2.24, 2.45) is 0 Å². The van der Waals surface area contributed by atoms with Crippen LogP contribution in [0.25, 0.3) is 10.1 Å². The summed E-state index contributed by atoms with van der Waals surface area (Å²) in [6.07, 6.45) is 0. The lowest BCUT2D eigenvalue weighted by Crippen LogP contribution is -2.35. The maximum atomic E-state index is 13.6. The van der Waals surface area contributed by atoms with E-state index in [4.69, 9.17) is 4.74 Å². The van der Waals surface area contributed by atoms with Crippen LogP contribution in [0.4, 0.5) is 4.39 Å². The highest BCUT2D eigenvalue weighted by Crippen LogP contribution is 2.29. The lowest BCUT2D eigenvalue weighted by atomic mass is 10.1. The van der Waals surface area contributed by atoms with Crippen molar-refractivity contribution >= 4 is 21.4 Å². The number of benzene rings is 1. The summed E-state index contributed by atoms with van der Waals surface area (Å²) < 4.78 is 19.7. The summed E-state index contributed by atoms with van der Waals surface area (Å²) in [5.74, 6) is -0.110. The molecule has 2 nitrogen and oxygen atoms in total. The molecule has 0 spiro atoms. The molecule has 0 radical (unpaired) electrons. The predicted molar refractivity (Wildman–Crippen MR) is 67.9 cm³/mol. The third kappa shape index (κ3) is 2.20. The molecule has 1 fully saturated rings. The highest BCUT2D eigenvalue weighted by atomic mass is 32.1. The van der Waals surface area contributed by atoms with Crippen LogP contribution >= 0.6 is 11.3 Å². The molecule has 17 heavy (non-hydrogen) atoms. The first-order valence-corrected chi connectivity index (χ1v) is 6.67. The molecule has 1 aromatic carbocycles. The number of fused-ring (bicyclic) bond motifs is 1. The Morgan fingerprint density at radius 3 is 2.94 bits per heavy atom. The summed E-state index contributed by atoms with van der Waals surface area (Å²) in [4.78, 5) is 2.36. The van der Waals surface area contributed by atoms with Crippen molar-refractivity contribution in [1.29, 1.82) is 0 Å². The van der Waals surface area contributed by atoms with Gasteiger partial charge in [-0.1, -0.05) is 12.1 Å². The van der Waals surface area contributed by atoms with Gasteiger partial charge in [-0.3, -0.25) is 4.90 Å². The van der Waals surface area contributed by atoms with Gasteiger partial charge in [0.2, 0.25) is 0 Å². The maximum Gasteiger partial charge on any atom is 0.140 e. The molecule has 1 aromatic heterocycles. The number of hydrogen-bond acceptors (Lipinski definition) is 3. The van der Waals surface area contributed by atoms with E-state index in [0.717, 1.165) is 42.9 Å². The van der Waals surface area contributed by atoms with Crippen LogP contribution in [-0.2, 0) is 11.3 Å². The summed E-state index contributed by atoms with van der Waals surface area (Å²) in [5.41, 5.74) is 1.23. The van der Waals surface area contributed by atoms with Gasteiger partial charge < -0.3 is 4.74 Å². The fourth-order valence-electron chi connectivity index (χ4n) is 2.20. The number of nitrogens with zero attached hydrogens (tertiary/aromatic N) is 1. The van der Waals surface area contributed by atoms with Crippen molar-refractivity contribution in [2.45, 2.75) is 6.54 Å². The molecule has 0 N–H and O–H groups in total. The molecule has 3 rings (SSSR count). The lowest BCUT2D eigenvalue weighted by molar-refractivity contribution is 0.0344. The number of ether oxygens (including phenoxy) is 1. The monoisotopic (exact) mass is 251 g/mol. The summed E-state index contributed by atoms with van der Waals surface area (Å²) in [6.45, 7) is 4.43. The summed E-state index contributed by atoms with van der Waals surface area (Å²) in [5, 5.41) is 3.13. The topological polar surface area (TPSA) is 12.5 Å². The van der Waals surface area contributed by atoms with E-state index in [2.05, 4.69) is 10.3 Å². The van der Waals surface area contributed by atoms with E-state index in [1.165, 1.54) is 23.0 Å². The summed E-state index contributed by atoms with van der Waals surface area (Å²) >= 11 is 1.50. The SMILES string of the molecule is Fc1cccc2c(CN3CCOCC3)csc12. The molecule has 2 heterocycles. The molecule has 1 aliphatic heterocycles. The van der Waals surface area contributed by atoms with Gasteiger partial charge in [0.1, 0.15) is 5.82 Å². The smallest absolute Gasteiger partial charge is 0.140 e. The van der Waals surface area contributed by atoms with Crippen LogP contribution in [0.2, 0.25) is 0 Å². The molecule has 1 saturated heterocycles. The molecule has 0 bridgehead atoms. The minimum absolute atomic E-state index is 0.110. The van der Waals surface area contributed by atoms with E-state index in [1.807, 2.05) is 6.07 Å². The second-order valence-electron chi connectivity index (χ2n) is 4.27. The van der Waals surface area contributed by atoms with Crippen molar-refractivity contribution in [3.05, 3.63) is 35.0 Å². The minimum Gasteiger partial charge on any atom is -0.379 e. The number of hydrogen-bond donors (Lipinski definition) is 0. The van der Waals surface area contributed by atoms with E-state index >= 15 is 0 Å². The molecule has 2 aromatic rings. The van der Waals surface area contributed by atoms with E-state index in [9.17, 15) is 4.39 Å². The number of morpholine rings is 1. The molecule has 4 heteroatoms. The number of thiophene rings is 1. The number of rotatable bonds is 2. The third-order valence-electron chi connectivity index (χ3n) is 3.13. The Bertz CT molecular complexity index is 519. The fraction of sp³-hybridized carbons (Fsp3) is 0.385. The van der Waals surface area contributed by atoms with Crippen LogP contribution in [0.1, 0.15) is 5.56 Å². The summed E-state index contributed by atoms with van der Waals surface area (Å²) in [6, 6.07) is 5.31. The quantitative estimate of drug-likeness (QED) is 0.813. The largest absolute Gasteiger partial charge is 0.379 e. The zero-order chi connectivity index (χ0) is 11.7. The second kappa shape index (κ2) is 4.72. The fourth-order valence-corrected chi connectivity index (χ4v) is 3.17. The van der Waals surface area contributed by atoms with Crippen molar-refractivity contribution in [3.8, 4) is 0 Å². The lowest BCUT2D eigenvalue weighted by Gasteiger charge is -2.26. The van der Waals surface area contributed by atoms with Crippen LogP contribution in [0.3, 0.4) is 0 Å². The molecule has 0 saturated carbocycles. The Morgan fingerprint density at radius 1 is 1.29 bits per heavy atom. The molecule has 1 aliphatic rings. The van der Waals surface area contributed by atoms with Gasteiger partial charge in [0.15, 0.2) is 0 Å². The van der Waals surface area contributed by atoms with Gasteiger partial charge >= 0.3 is 0 Å². The molecular weight excluding hydrogens is 237 g/mol. The zero-order valence-electron chi connectivity index (χ0n) is 9.49. The third-order valence-corrected chi connectivity index (χ3v) is 4.18. The first-order chi connectivity index (χ1) is 8.34. The molecule has 0 amide bonds. The minimum atomic E-state index is -0.110.